The number of hydrogen-bond donors (Lipinski definition) is 3. The van der Waals surface area contributed by atoms with Gasteiger partial charge >= 0.3 is 0 Å². The summed E-state index contributed by atoms with van der Waals surface area (Å²) in [4.78, 5) is 30.6. The molecule has 3 heterocycles. The minimum absolute atomic E-state index is 0.142. The van der Waals surface area contributed by atoms with E-state index < -0.39 is 23.9 Å². The molecule has 0 aliphatic rings. The minimum Gasteiger partial charge on any atom is -0.350 e. The number of anilines is 1. The summed E-state index contributed by atoms with van der Waals surface area (Å²) in [6.45, 7) is 7.10. The number of hydrogen-bond acceptors (Lipinski definition) is 5. The second kappa shape index (κ2) is 9.00. The van der Waals surface area contributed by atoms with Crippen molar-refractivity contribution in [1.82, 2.24) is 30.3 Å². The van der Waals surface area contributed by atoms with Gasteiger partial charge in [-0.2, -0.15) is 10.2 Å². The maximum atomic E-state index is 13.5. The lowest BCUT2D eigenvalue weighted by Gasteiger charge is -2.17. The fourth-order valence-corrected chi connectivity index (χ4v) is 3.66. The van der Waals surface area contributed by atoms with Gasteiger partial charge in [0.25, 0.3) is 18.2 Å². The molecule has 3 N–H and O–H groups in total. The van der Waals surface area contributed by atoms with Gasteiger partial charge in [0, 0.05) is 17.6 Å². The fraction of sp³-hybridized carbons (Fsp3) is 0.261. The zero-order valence-corrected chi connectivity index (χ0v) is 19.0. The molecule has 11 heteroatoms. The van der Waals surface area contributed by atoms with Gasteiger partial charge in [0.05, 0.1) is 23.0 Å². The van der Waals surface area contributed by atoms with Crippen LogP contribution >= 0.6 is 0 Å². The van der Waals surface area contributed by atoms with Crippen molar-refractivity contribution < 1.29 is 18.4 Å². The number of carbonyl (C=O) groups is 2. The van der Waals surface area contributed by atoms with E-state index in [0.717, 1.165) is 10.7 Å². The van der Waals surface area contributed by atoms with Crippen molar-refractivity contribution in [3.8, 4) is 5.82 Å². The zero-order valence-electron chi connectivity index (χ0n) is 19.0. The van der Waals surface area contributed by atoms with Gasteiger partial charge in [0.1, 0.15) is 11.4 Å². The first-order valence-electron chi connectivity index (χ1n) is 10.6. The van der Waals surface area contributed by atoms with E-state index in [2.05, 4.69) is 30.9 Å². The highest BCUT2D eigenvalue weighted by Gasteiger charge is 2.26. The normalized spacial score (nSPS) is 11.4. The molecule has 9 nitrogen and oxygen atoms in total. The molecule has 0 aliphatic carbocycles. The molecule has 0 fully saturated rings. The second-order valence-corrected chi connectivity index (χ2v) is 8.17. The van der Waals surface area contributed by atoms with Crippen molar-refractivity contribution in [2.24, 2.45) is 0 Å². The largest absolute Gasteiger partial charge is 0.350 e. The van der Waals surface area contributed by atoms with Gasteiger partial charge in [-0.05, 0) is 57.0 Å². The molecule has 0 atom stereocenters. The van der Waals surface area contributed by atoms with E-state index in [1.165, 1.54) is 6.20 Å². The number of aryl methyl sites for hydroxylation is 2. The average molecular weight is 467 g/mol. The van der Waals surface area contributed by atoms with E-state index >= 15 is 0 Å². The van der Waals surface area contributed by atoms with Crippen molar-refractivity contribution in [3.05, 3.63) is 64.7 Å². The maximum absolute atomic E-state index is 13.5. The maximum Gasteiger partial charge on any atom is 0.282 e. The number of benzene rings is 1. The van der Waals surface area contributed by atoms with E-state index in [0.29, 0.717) is 22.0 Å². The molecule has 176 valence electrons. The van der Waals surface area contributed by atoms with Crippen LogP contribution in [0.3, 0.4) is 0 Å². The molecule has 3 aromatic heterocycles. The third kappa shape index (κ3) is 4.24. The summed E-state index contributed by atoms with van der Waals surface area (Å²) in [7, 11) is 0. The van der Waals surface area contributed by atoms with E-state index in [9.17, 15) is 18.4 Å². The topological polar surface area (TPSA) is 118 Å². The number of rotatable bonds is 6. The van der Waals surface area contributed by atoms with Gasteiger partial charge in [0.15, 0.2) is 5.82 Å². The van der Waals surface area contributed by atoms with E-state index in [1.807, 2.05) is 13.8 Å². The summed E-state index contributed by atoms with van der Waals surface area (Å²) in [6.07, 6.45) is 0.180. The monoisotopic (exact) mass is 467 g/mol. The number of pyridine rings is 1. The molecule has 2 amide bonds. The smallest absolute Gasteiger partial charge is 0.282 e. The van der Waals surface area contributed by atoms with Gasteiger partial charge in [-0.1, -0.05) is 6.07 Å². The first kappa shape index (κ1) is 23.0. The van der Waals surface area contributed by atoms with Gasteiger partial charge in [-0.3, -0.25) is 14.7 Å². The van der Waals surface area contributed by atoms with Gasteiger partial charge in [0.2, 0.25) is 0 Å². The third-order valence-electron chi connectivity index (χ3n) is 5.19. The lowest BCUT2D eigenvalue weighted by molar-refractivity contribution is 0.0945. The van der Waals surface area contributed by atoms with Crippen LogP contribution in [0.1, 0.15) is 57.9 Å². The number of nitrogens with zero attached hydrogens (tertiary/aromatic N) is 4. The Morgan fingerprint density at radius 3 is 2.56 bits per heavy atom. The molecule has 0 unspecified atom stereocenters. The van der Waals surface area contributed by atoms with Crippen LogP contribution < -0.4 is 10.6 Å². The molecular formula is C23H23F2N7O2. The second-order valence-electron chi connectivity index (χ2n) is 8.17. The summed E-state index contributed by atoms with van der Waals surface area (Å²) < 4.78 is 28.0. The number of alkyl halides is 2. The Labute approximate surface area is 193 Å². The van der Waals surface area contributed by atoms with Crippen LogP contribution in [0.15, 0.2) is 36.7 Å². The summed E-state index contributed by atoms with van der Waals surface area (Å²) in [5.74, 6) is -0.881. The Balaban J connectivity index is 1.83. The number of H-pyrrole nitrogens is 1. The van der Waals surface area contributed by atoms with Gasteiger partial charge < -0.3 is 10.6 Å². The lowest BCUT2D eigenvalue weighted by Crippen LogP contribution is -2.31. The SMILES string of the molecule is Cc1cccnc1-n1nc(C(F)F)cc1C(=O)Nc1c(C)cc2cn[nH]c2c1C(=O)NC(C)C. The number of fused-ring (bicyclic) bond motifs is 1. The first-order valence-corrected chi connectivity index (χ1v) is 10.6. The summed E-state index contributed by atoms with van der Waals surface area (Å²) >= 11 is 0. The molecule has 1 aromatic carbocycles. The first-order chi connectivity index (χ1) is 16.2. The van der Waals surface area contributed by atoms with Crippen molar-refractivity contribution in [1.29, 1.82) is 0 Å². The Hall–Kier alpha value is -4.15. The average Bonchev–Trinajstić information content (AvgIpc) is 3.41. The molecule has 34 heavy (non-hydrogen) atoms. The van der Waals surface area contributed by atoms with Crippen LogP contribution in [-0.2, 0) is 0 Å². The van der Waals surface area contributed by atoms with E-state index in [-0.39, 0.29) is 28.8 Å². The Bertz CT molecular complexity index is 1390. The molecule has 0 saturated heterocycles. The predicted octanol–water partition coefficient (Wildman–Crippen LogP) is 4.09. The Morgan fingerprint density at radius 1 is 1.12 bits per heavy atom. The van der Waals surface area contributed by atoms with Gasteiger partial charge in [-0.25, -0.2) is 18.4 Å². The number of aromatic amines is 1. The third-order valence-corrected chi connectivity index (χ3v) is 5.19. The molecule has 0 bridgehead atoms. The number of halogens is 2. The number of amides is 2. The van der Waals surface area contributed by atoms with Crippen LogP contribution in [0.25, 0.3) is 16.7 Å². The van der Waals surface area contributed by atoms with Crippen LogP contribution in [0.2, 0.25) is 0 Å². The lowest BCUT2D eigenvalue weighted by atomic mass is 10.0. The highest BCUT2D eigenvalue weighted by Crippen LogP contribution is 2.30. The molecule has 0 radical (unpaired) electrons. The highest BCUT2D eigenvalue weighted by atomic mass is 19.3. The van der Waals surface area contributed by atoms with E-state index in [1.54, 1.807) is 38.2 Å². The van der Waals surface area contributed by atoms with Crippen LogP contribution in [0, 0.1) is 13.8 Å². The summed E-state index contributed by atoms with van der Waals surface area (Å²) in [6, 6.07) is 6.06. The van der Waals surface area contributed by atoms with Crippen LogP contribution in [0.5, 0.6) is 0 Å². The minimum atomic E-state index is -2.88. The number of nitrogens with one attached hydrogen (secondary N) is 3. The zero-order chi connectivity index (χ0) is 24.6. The van der Waals surface area contributed by atoms with Crippen molar-refractivity contribution in [2.45, 2.75) is 40.2 Å². The molecule has 0 saturated carbocycles. The quantitative estimate of drug-likeness (QED) is 0.395. The molecule has 0 aliphatic heterocycles. The molecule has 0 spiro atoms. The molecule has 4 aromatic rings. The van der Waals surface area contributed by atoms with Crippen LogP contribution in [-0.4, -0.2) is 42.8 Å². The Kier molecular flexibility index (Phi) is 6.10. The standard InChI is InChI=1S/C23H23F2N7O2/c1-11(2)28-23(34)17-18(13(4)8-14-10-27-30-19(14)17)29-22(33)16-9-15(20(24)25)31-32(16)21-12(3)6-5-7-26-21/h5-11,20H,1-4H3,(H,27,30)(H,28,34)(H,29,33). The Morgan fingerprint density at radius 2 is 1.88 bits per heavy atom. The summed E-state index contributed by atoms with van der Waals surface area (Å²) in [5, 5.41) is 17.0. The van der Waals surface area contributed by atoms with Crippen molar-refractivity contribution in [3.63, 3.8) is 0 Å². The van der Waals surface area contributed by atoms with E-state index in [4.69, 9.17) is 0 Å². The molecular weight excluding hydrogens is 444 g/mol. The number of carbonyl (C=O) groups excluding carboxylic acids is 2. The van der Waals surface area contributed by atoms with Gasteiger partial charge in [-0.15, -0.1) is 0 Å². The summed E-state index contributed by atoms with van der Waals surface area (Å²) in [5.41, 5.74) is 1.43. The highest BCUT2D eigenvalue weighted by molar-refractivity contribution is 6.15. The van der Waals surface area contributed by atoms with Crippen molar-refractivity contribution >= 4 is 28.4 Å². The molecule has 4 rings (SSSR count). The number of aromatic nitrogens is 5. The van der Waals surface area contributed by atoms with Crippen LogP contribution in [0.4, 0.5) is 14.5 Å². The fourth-order valence-electron chi connectivity index (χ4n) is 3.66. The van der Waals surface area contributed by atoms with Crippen molar-refractivity contribution in [2.75, 3.05) is 5.32 Å². The predicted molar refractivity (Wildman–Crippen MR) is 122 cm³/mol.